The minimum Gasteiger partial charge on any atom is -0.479 e. The average molecular weight is 418 g/mol. The standard InChI is InChI=1S/C24H22N2O5/c1-16-9-11-18(12-10-16)31-17(2)24(28)30-15-22-25-21-8-4-3-7-20(21)23(27)26(22)14-19-6-5-13-29-19/h3-13,17H,14-15H2,1-2H3. The molecule has 0 bridgehead atoms. The molecule has 1 unspecified atom stereocenters. The summed E-state index contributed by atoms with van der Waals surface area (Å²) in [4.78, 5) is 30.1. The van der Waals surface area contributed by atoms with Crippen LogP contribution in [-0.2, 0) is 22.7 Å². The van der Waals surface area contributed by atoms with Crippen molar-refractivity contribution in [3.8, 4) is 5.75 Å². The van der Waals surface area contributed by atoms with Crippen LogP contribution in [-0.4, -0.2) is 21.6 Å². The van der Waals surface area contributed by atoms with Gasteiger partial charge in [0.05, 0.1) is 23.7 Å². The Kier molecular flexibility index (Phi) is 5.84. The summed E-state index contributed by atoms with van der Waals surface area (Å²) in [5.41, 5.74) is 1.41. The third-order valence-electron chi connectivity index (χ3n) is 4.84. The molecule has 0 saturated heterocycles. The van der Waals surface area contributed by atoms with Crippen LogP contribution in [0.15, 0.2) is 76.1 Å². The number of hydrogen-bond donors (Lipinski definition) is 0. The number of furan rings is 1. The number of carbonyl (C=O) groups is 1. The van der Waals surface area contributed by atoms with Gasteiger partial charge in [-0.1, -0.05) is 29.8 Å². The van der Waals surface area contributed by atoms with Gasteiger partial charge in [0.25, 0.3) is 5.56 Å². The summed E-state index contributed by atoms with van der Waals surface area (Å²) in [5.74, 6) is 0.958. The molecule has 1 atom stereocenters. The van der Waals surface area contributed by atoms with Gasteiger partial charge in [0, 0.05) is 0 Å². The lowest BCUT2D eigenvalue weighted by Crippen LogP contribution is -2.29. The highest BCUT2D eigenvalue weighted by molar-refractivity contribution is 5.77. The molecule has 0 radical (unpaired) electrons. The zero-order chi connectivity index (χ0) is 21.8. The average Bonchev–Trinajstić information content (AvgIpc) is 3.29. The van der Waals surface area contributed by atoms with E-state index in [0.717, 1.165) is 5.56 Å². The first-order valence-electron chi connectivity index (χ1n) is 9.92. The molecule has 4 rings (SSSR count). The van der Waals surface area contributed by atoms with Crippen molar-refractivity contribution in [2.75, 3.05) is 0 Å². The lowest BCUT2D eigenvalue weighted by atomic mass is 10.2. The van der Waals surface area contributed by atoms with Gasteiger partial charge in [-0.15, -0.1) is 0 Å². The van der Waals surface area contributed by atoms with E-state index in [1.165, 1.54) is 4.57 Å². The molecular formula is C24H22N2O5. The molecule has 0 aliphatic heterocycles. The number of esters is 1. The molecule has 0 aliphatic rings. The quantitative estimate of drug-likeness (QED) is 0.424. The Balaban J connectivity index is 1.54. The van der Waals surface area contributed by atoms with E-state index >= 15 is 0 Å². The molecule has 0 aliphatic carbocycles. The molecule has 2 aromatic carbocycles. The Morgan fingerprint density at radius 3 is 2.61 bits per heavy atom. The number of para-hydroxylation sites is 1. The molecule has 7 heteroatoms. The third kappa shape index (κ3) is 4.66. The van der Waals surface area contributed by atoms with E-state index in [1.54, 1.807) is 61.7 Å². The van der Waals surface area contributed by atoms with Gasteiger partial charge in [-0.3, -0.25) is 9.36 Å². The third-order valence-corrected chi connectivity index (χ3v) is 4.84. The Morgan fingerprint density at radius 2 is 1.87 bits per heavy atom. The number of hydrogen-bond acceptors (Lipinski definition) is 6. The summed E-state index contributed by atoms with van der Waals surface area (Å²) >= 11 is 0. The number of nitrogens with zero attached hydrogens (tertiary/aromatic N) is 2. The van der Waals surface area contributed by atoms with Gasteiger partial charge in [-0.2, -0.15) is 0 Å². The van der Waals surface area contributed by atoms with Crippen LogP contribution in [0, 0.1) is 6.92 Å². The lowest BCUT2D eigenvalue weighted by Gasteiger charge is -2.16. The number of rotatable bonds is 7. The molecule has 158 valence electrons. The highest BCUT2D eigenvalue weighted by atomic mass is 16.6. The fourth-order valence-electron chi connectivity index (χ4n) is 3.17. The van der Waals surface area contributed by atoms with Crippen LogP contribution in [0.3, 0.4) is 0 Å². The number of aryl methyl sites for hydroxylation is 1. The van der Waals surface area contributed by atoms with Crippen LogP contribution in [0.4, 0.5) is 0 Å². The van der Waals surface area contributed by atoms with Crippen molar-refractivity contribution in [2.45, 2.75) is 33.1 Å². The second-order valence-corrected chi connectivity index (χ2v) is 7.20. The maximum atomic E-state index is 13.0. The second-order valence-electron chi connectivity index (χ2n) is 7.20. The normalized spacial score (nSPS) is 11.9. The SMILES string of the molecule is Cc1ccc(OC(C)C(=O)OCc2nc3ccccc3c(=O)n2Cc2ccco2)cc1. The van der Waals surface area contributed by atoms with Gasteiger partial charge >= 0.3 is 5.97 Å². The number of fused-ring (bicyclic) bond motifs is 1. The Labute approximate surface area is 178 Å². The number of benzene rings is 2. The van der Waals surface area contributed by atoms with Gasteiger partial charge < -0.3 is 13.9 Å². The monoisotopic (exact) mass is 418 g/mol. The van der Waals surface area contributed by atoms with Crippen molar-refractivity contribution >= 4 is 16.9 Å². The molecule has 0 fully saturated rings. The first-order chi connectivity index (χ1) is 15.0. The zero-order valence-corrected chi connectivity index (χ0v) is 17.3. The summed E-state index contributed by atoms with van der Waals surface area (Å²) in [6, 6.07) is 18.0. The molecule has 0 spiro atoms. The van der Waals surface area contributed by atoms with E-state index in [9.17, 15) is 9.59 Å². The second kappa shape index (κ2) is 8.87. The van der Waals surface area contributed by atoms with Crippen molar-refractivity contribution in [1.82, 2.24) is 9.55 Å². The largest absolute Gasteiger partial charge is 0.479 e. The first kappa shape index (κ1) is 20.4. The van der Waals surface area contributed by atoms with E-state index in [4.69, 9.17) is 13.9 Å². The van der Waals surface area contributed by atoms with Gasteiger partial charge in [0.15, 0.2) is 11.9 Å². The zero-order valence-electron chi connectivity index (χ0n) is 17.3. The number of ether oxygens (including phenoxy) is 2. The van der Waals surface area contributed by atoms with Crippen molar-refractivity contribution < 1.29 is 18.7 Å². The maximum absolute atomic E-state index is 13.0. The Bertz CT molecular complexity index is 1240. The molecule has 0 N–H and O–H groups in total. The van der Waals surface area contributed by atoms with E-state index in [0.29, 0.717) is 28.2 Å². The molecular weight excluding hydrogens is 396 g/mol. The van der Waals surface area contributed by atoms with Gasteiger partial charge in [0.1, 0.15) is 18.1 Å². The van der Waals surface area contributed by atoms with Crippen LogP contribution >= 0.6 is 0 Å². The maximum Gasteiger partial charge on any atom is 0.347 e. The highest BCUT2D eigenvalue weighted by Crippen LogP contribution is 2.15. The van der Waals surface area contributed by atoms with E-state index in [1.807, 2.05) is 19.1 Å². The fourth-order valence-corrected chi connectivity index (χ4v) is 3.17. The van der Waals surface area contributed by atoms with Crippen LogP contribution in [0.5, 0.6) is 5.75 Å². The van der Waals surface area contributed by atoms with Crippen LogP contribution in [0.1, 0.15) is 24.1 Å². The van der Waals surface area contributed by atoms with Crippen LogP contribution in [0.2, 0.25) is 0 Å². The predicted octanol–water partition coefficient (Wildman–Crippen LogP) is 3.86. The summed E-state index contributed by atoms with van der Waals surface area (Å²) in [5, 5.41) is 0.486. The fraction of sp³-hybridized carbons (Fsp3) is 0.208. The van der Waals surface area contributed by atoms with E-state index in [-0.39, 0.29) is 18.7 Å². The molecule has 0 saturated carbocycles. The summed E-state index contributed by atoms with van der Waals surface area (Å²) in [6.45, 7) is 3.61. The number of aromatic nitrogens is 2. The number of carbonyl (C=O) groups excluding carboxylic acids is 1. The molecule has 4 aromatic rings. The molecule has 31 heavy (non-hydrogen) atoms. The van der Waals surface area contributed by atoms with Crippen molar-refractivity contribution in [3.63, 3.8) is 0 Å². The minimum atomic E-state index is -0.812. The van der Waals surface area contributed by atoms with E-state index in [2.05, 4.69) is 4.98 Å². The first-order valence-corrected chi connectivity index (χ1v) is 9.92. The highest BCUT2D eigenvalue weighted by Gasteiger charge is 2.19. The topological polar surface area (TPSA) is 83.6 Å². The Morgan fingerprint density at radius 1 is 1.10 bits per heavy atom. The lowest BCUT2D eigenvalue weighted by molar-refractivity contribution is -0.152. The summed E-state index contributed by atoms with van der Waals surface area (Å²) < 4.78 is 17.9. The van der Waals surface area contributed by atoms with Gasteiger partial charge in [-0.05, 0) is 50.2 Å². The van der Waals surface area contributed by atoms with Crippen molar-refractivity contribution in [1.29, 1.82) is 0 Å². The minimum absolute atomic E-state index is 0.165. The predicted molar refractivity (Wildman–Crippen MR) is 115 cm³/mol. The van der Waals surface area contributed by atoms with Crippen LogP contribution < -0.4 is 10.3 Å². The van der Waals surface area contributed by atoms with Crippen molar-refractivity contribution in [3.05, 3.63) is 94.4 Å². The smallest absolute Gasteiger partial charge is 0.347 e. The van der Waals surface area contributed by atoms with Crippen molar-refractivity contribution in [2.24, 2.45) is 0 Å². The summed E-state index contributed by atoms with van der Waals surface area (Å²) in [6.07, 6.45) is 0.729. The summed E-state index contributed by atoms with van der Waals surface area (Å²) in [7, 11) is 0. The van der Waals surface area contributed by atoms with E-state index < -0.39 is 12.1 Å². The molecule has 7 nitrogen and oxygen atoms in total. The molecule has 2 heterocycles. The van der Waals surface area contributed by atoms with Gasteiger partial charge in [-0.25, -0.2) is 9.78 Å². The molecule has 0 amide bonds. The Hall–Kier alpha value is -3.87. The molecule has 2 aromatic heterocycles. The van der Waals surface area contributed by atoms with Gasteiger partial charge in [0.2, 0.25) is 0 Å². The van der Waals surface area contributed by atoms with Crippen LogP contribution in [0.25, 0.3) is 10.9 Å².